The topological polar surface area (TPSA) is 96.8 Å². The summed E-state index contributed by atoms with van der Waals surface area (Å²) in [5.41, 5.74) is 0. The fourth-order valence-electron chi connectivity index (χ4n) is 0.242. The SMILES string of the molecule is N#[N+]C=C(O)C(O)=C[N+]#N. The first-order chi connectivity index (χ1) is 4.72. The number of hydrogen-bond acceptors (Lipinski definition) is 4. The molecule has 0 rings (SSSR count). The molecule has 0 aliphatic rings. The monoisotopic (exact) mass is 140 g/mol. The molecule has 0 atom stereocenters. The third kappa shape index (κ3) is 2.28. The van der Waals surface area contributed by atoms with Crippen LogP contribution in [0.1, 0.15) is 0 Å². The molecule has 0 saturated carbocycles. The predicted molar refractivity (Wildman–Crippen MR) is 31.6 cm³/mol. The molecule has 6 heteroatoms. The minimum absolute atomic E-state index is 0.580. The van der Waals surface area contributed by atoms with Crippen LogP contribution in [0.15, 0.2) is 23.9 Å². The molecule has 0 unspecified atom stereocenters. The Labute approximate surface area is 56.0 Å². The van der Waals surface area contributed by atoms with E-state index in [0.29, 0.717) is 12.4 Å². The van der Waals surface area contributed by atoms with Gasteiger partial charge < -0.3 is 10.2 Å². The van der Waals surface area contributed by atoms with Crippen LogP contribution in [0, 0.1) is 10.8 Å². The van der Waals surface area contributed by atoms with Gasteiger partial charge in [-0.3, -0.25) is 0 Å². The first-order valence-corrected chi connectivity index (χ1v) is 2.19. The summed E-state index contributed by atoms with van der Waals surface area (Å²) in [4.78, 5) is 4.81. The van der Waals surface area contributed by atoms with E-state index in [9.17, 15) is 0 Å². The second-order valence-corrected chi connectivity index (χ2v) is 1.26. The van der Waals surface area contributed by atoms with Crippen molar-refractivity contribution in [3.8, 4) is 0 Å². The lowest BCUT2D eigenvalue weighted by molar-refractivity contribution is 0.326. The van der Waals surface area contributed by atoms with E-state index in [-0.39, 0.29) is 0 Å². The van der Waals surface area contributed by atoms with Gasteiger partial charge in [-0.2, -0.15) is 0 Å². The second-order valence-electron chi connectivity index (χ2n) is 1.26. The Morgan fingerprint density at radius 3 is 1.50 bits per heavy atom. The molecule has 0 bridgehead atoms. The van der Waals surface area contributed by atoms with E-state index in [0.717, 1.165) is 0 Å². The van der Waals surface area contributed by atoms with Crippen molar-refractivity contribution in [3.05, 3.63) is 33.9 Å². The van der Waals surface area contributed by atoms with Crippen molar-refractivity contribution in [3.63, 3.8) is 0 Å². The highest BCUT2D eigenvalue weighted by Gasteiger charge is 2.09. The summed E-state index contributed by atoms with van der Waals surface area (Å²) in [6.07, 6.45) is 1.16. The lowest BCUT2D eigenvalue weighted by Gasteiger charge is -1.81. The highest BCUT2D eigenvalue weighted by Crippen LogP contribution is 2.01. The van der Waals surface area contributed by atoms with Gasteiger partial charge in [0.05, 0.1) is 0 Å². The highest BCUT2D eigenvalue weighted by molar-refractivity contribution is 5.20. The van der Waals surface area contributed by atoms with Gasteiger partial charge in [0.1, 0.15) is 0 Å². The third-order valence-electron chi connectivity index (χ3n) is 0.622. The van der Waals surface area contributed by atoms with Crippen LogP contribution in [0.3, 0.4) is 0 Å². The first kappa shape index (κ1) is 7.92. The van der Waals surface area contributed by atoms with Gasteiger partial charge in [0.2, 0.25) is 10.8 Å². The Kier molecular flexibility index (Phi) is 3.06. The molecule has 0 spiro atoms. The summed E-state index contributed by atoms with van der Waals surface area (Å²) in [6, 6.07) is 0. The number of aliphatic hydroxyl groups excluding tert-OH is 2. The van der Waals surface area contributed by atoms with E-state index in [2.05, 4.69) is 9.95 Å². The molecular weight excluding hydrogens is 136 g/mol. The molecule has 0 aromatic carbocycles. The molecule has 2 N–H and O–H groups in total. The summed E-state index contributed by atoms with van der Waals surface area (Å²) < 4.78 is 0. The van der Waals surface area contributed by atoms with Crippen molar-refractivity contribution in [2.45, 2.75) is 0 Å². The fraction of sp³-hybridized carbons (Fsp3) is 0. The van der Waals surface area contributed by atoms with Crippen molar-refractivity contribution in [1.82, 2.24) is 0 Å². The van der Waals surface area contributed by atoms with Gasteiger partial charge in [-0.1, -0.05) is 0 Å². The largest absolute Gasteiger partial charge is 0.499 e. The van der Waals surface area contributed by atoms with Crippen LogP contribution < -0.4 is 0 Å². The van der Waals surface area contributed by atoms with Crippen molar-refractivity contribution in [2.24, 2.45) is 0 Å². The summed E-state index contributed by atoms with van der Waals surface area (Å²) >= 11 is 0. The van der Waals surface area contributed by atoms with Gasteiger partial charge in [-0.05, 0) is 0 Å². The van der Waals surface area contributed by atoms with Gasteiger partial charge >= 0.3 is 12.4 Å². The van der Waals surface area contributed by atoms with Gasteiger partial charge in [0.25, 0.3) is 11.5 Å². The molecule has 10 heavy (non-hydrogen) atoms. The van der Waals surface area contributed by atoms with Gasteiger partial charge in [-0.15, -0.1) is 0 Å². The zero-order valence-corrected chi connectivity index (χ0v) is 4.84. The maximum absolute atomic E-state index is 8.57. The Balaban J connectivity index is 4.43. The van der Waals surface area contributed by atoms with Crippen LogP contribution in [-0.4, -0.2) is 10.2 Å². The Morgan fingerprint density at radius 1 is 1.00 bits per heavy atom. The predicted octanol–water partition coefficient (Wildman–Crippen LogP) is 1.49. The number of hydrogen-bond donors (Lipinski definition) is 2. The first-order valence-electron chi connectivity index (χ1n) is 2.19. The normalized spacial score (nSPS) is 11.8. The molecule has 0 radical (unpaired) electrons. The molecule has 0 aromatic rings. The standard InChI is InChI=1S/C4H2N4O2/c5-7-1-3(9)4(10)2-8-6/h1-2H/p+2. The fourth-order valence-corrected chi connectivity index (χ4v) is 0.242. The van der Waals surface area contributed by atoms with Crippen LogP contribution in [0.5, 0.6) is 0 Å². The van der Waals surface area contributed by atoms with E-state index >= 15 is 0 Å². The highest BCUT2D eigenvalue weighted by atomic mass is 16.3. The minimum Gasteiger partial charge on any atom is -0.499 e. The zero-order chi connectivity index (χ0) is 7.98. The Bertz CT molecular complexity index is 225. The molecule has 50 valence electrons. The van der Waals surface area contributed by atoms with Crippen molar-refractivity contribution >= 4 is 0 Å². The molecule has 0 fully saturated rings. The third-order valence-corrected chi connectivity index (χ3v) is 0.622. The average Bonchev–Trinajstić information content (AvgIpc) is 1.89. The molecule has 0 heterocycles. The van der Waals surface area contributed by atoms with Crippen molar-refractivity contribution < 1.29 is 10.2 Å². The van der Waals surface area contributed by atoms with Gasteiger partial charge in [-0.25, -0.2) is 0 Å². The Morgan fingerprint density at radius 2 is 1.30 bits per heavy atom. The van der Waals surface area contributed by atoms with Crippen LogP contribution in [0.2, 0.25) is 0 Å². The van der Waals surface area contributed by atoms with Crippen LogP contribution in [0.4, 0.5) is 0 Å². The van der Waals surface area contributed by atoms with Gasteiger partial charge in [0.15, 0.2) is 9.95 Å². The zero-order valence-electron chi connectivity index (χ0n) is 4.84. The summed E-state index contributed by atoms with van der Waals surface area (Å²) in [5.74, 6) is -1.39. The number of aliphatic hydroxyl groups is 2. The van der Waals surface area contributed by atoms with Crippen LogP contribution in [-0.2, 0) is 0 Å². The number of rotatable bonds is 1. The van der Waals surface area contributed by atoms with Crippen LogP contribution in [0.25, 0.3) is 9.95 Å². The van der Waals surface area contributed by atoms with Crippen molar-refractivity contribution in [2.75, 3.05) is 0 Å². The van der Waals surface area contributed by atoms with Crippen molar-refractivity contribution in [1.29, 1.82) is 10.8 Å². The molecule has 0 aliphatic heterocycles. The molecular formula is C4H4N4O2+2. The van der Waals surface area contributed by atoms with E-state index in [4.69, 9.17) is 21.0 Å². The van der Waals surface area contributed by atoms with Crippen LogP contribution >= 0.6 is 0 Å². The summed E-state index contributed by atoms with van der Waals surface area (Å²) in [6.45, 7) is 0. The molecule has 6 nitrogen and oxygen atoms in total. The van der Waals surface area contributed by atoms with Gasteiger partial charge in [0, 0.05) is 0 Å². The quantitative estimate of drug-likeness (QED) is 0.327. The summed E-state index contributed by atoms with van der Waals surface area (Å²) in [5, 5.41) is 32.8. The average molecular weight is 140 g/mol. The van der Waals surface area contributed by atoms with E-state index in [1.807, 2.05) is 0 Å². The maximum Gasteiger partial charge on any atom is 0.395 e. The molecule has 0 aromatic heterocycles. The van der Waals surface area contributed by atoms with E-state index in [1.54, 1.807) is 0 Å². The van der Waals surface area contributed by atoms with E-state index < -0.39 is 11.5 Å². The number of diazo groups is 2. The second kappa shape index (κ2) is 3.87. The molecule has 0 saturated heterocycles. The minimum atomic E-state index is -0.694. The number of nitrogens with zero attached hydrogens (tertiary/aromatic N) is 4. The lowest BCUT2D eigenvalue weighted by atomic mass is 10.4. The smallest absolute Gasteiger partial charge is 0.395 e. The molecule has 0 amide bonds. The molecule has 0 aliphatic carbocycles. The summed E-state index contributed by atoms with van der Waals surface area (Å²) in [7, 11) is 0. The van der Waals surface area contributed by atoms with E-state index in [1.165, 1.54) is 0 Å². The Hall–Kier alpha value is -2.08. The maximum atomic E-state index is 8.57. The lowest BCUT2D eigenvalue weighted by Crippen LogP contribution is -1.83.